The maximum Gasteiger partial charge on any atom is 0.0966 e. The van der Waals surface area contributed by atoms with Gasteiger partial charge in [-0.3, -0.25) is 4.99 Å². The molecule has 1 saturated heterocycles. The number of rotatable bonds is 2. The minimum atomic E-state index is 0. The third-order valence-electron chi connectivity index (χ3n) is 4.20. The number of nitrogens with one attached hydrogen (secondary N) is 1. The second-order valence-corrected chi connectivity index (χ2v) is 5.48. The van der Waals surface area contributed by atoms with Crippen molar-refractivity contribution in [1.29, 1.82) is 0 Å². The second kappa shape index (κ2) is 6.95. The van der Waals surface area contributed by atoms with Crippen LogP contribution in [0.2, 0.25) is 0 Å². The van der Waals surface area contributed by atoms with Gasteiger partial charge in [-0.2, -0.15) is 0 Å². The molecule has 19 heavy (non-hydrogen) atoms. The van der Waals surface area contributed by atoms with Crippen LogP contribution in [0.1, 0.15) is 50.0 Å². The van der Waals surface area contributed by atoms with Gasteiger partial charge in [0.2, 0.25) is 0 Å². The zero-order chi connectivity index (χ0) is 12.2. The molecule has 2 atom stereocenters. The van der Waals surface area contributed by atoms with Crippen molar-refractivity contribution in [1.82, 2.24) is 5.32 Å². The van der Waals surface area contributed by atoms with Crippen LogP contribution in [0.5, 0.6) is 0 Å². The molecule has 1 aliphatic carbocycles. The van der Waals surface area contributed by atoms with Crippen molar-refractivity contribution in [2.75, 3.05) is 6.54 Å². The zero-order valence-electron chi connectivity index (χ0n) is 11.3. The summed E-state index contributed by atoms with van der Waals surface area (Å²) in [6, 6.07) is 11.4. The number of hydrogen-bond acceptors (Lipinski definition) is 1. The van der Waals surface area contributed by atoms with Gasteiger partial charge in [0.05, 0.1) is 11.9 Å². The summed E-state index contributed by atoms with van der Waals surface area (Å²) in [5.74, 6) is 1.90. The van der Waals surface area contributed by atoms with E-state index in [9.17, 15) is 0 Å². The Morgan fingerprint density at radius 2 is 1.84 bits per heavy atom. The summed E-state index contributed by atoms with van der Waals surface area (Å²) < 4.78 is 0. The Labute approximate surface area is 122 Å². The molecule has 1 saturated carbocycles. The van der Waals surface area contributed by atoms with Gasteiger partial charge in [-0.15, -0.1) is 12.4 Å². The lowest BCUT2D eigenvalue weighted by Gasteiger charge is -2.21. The first-order valence-corrected chi connectivity index (χ1v) is 7.29. The van der Waals surface area contributed by atoms with E-state index >= 15 is 0 Å². The molecular formula is C16H23ClN2. The molecule has 1 aromatic carbocycles. The quantitative estimate of drug-likeness (QED) is 0.871. The van der Waals surface area contributed by atoms with Gasteiger partial charge in [0, 0.05) is 18.9 Å². The minimum absolute atomic E-state index is 0. The van der Waals surface area contributed by atoms with Crippen LogP contribution in [-0.2, 0) is 0 Å². The maximum atomic E-state index is 5.00. The number of aliphatic imine (C=N–C) groups is 1. The van der Waals surface area contributed by atoms with Crippen molar-refractivity contribution in [3.05, 3.63) is 35.9 Å². The third kappa shape index (κ3) is 3.50. The summed E-state index contributed by atoms with van der Waals surface area (Å²) in [5.41, 5.74) is 1.47. The van der Waals surface area contributed by atoms with Gasteiger partial charge in [0.1, 0.15) is 0 Å². The van der Waals surface area contributed by atoms with Gasteiger partial charge in [-0.25, -0.2) is 0 Å². The molecule has 0 amide bonds. The first-order chi connectivity index (χ1) is 8.93. The van der Waals surface area contributed by atoms with Gasteiger partial charge in [-0.1, -0.05) is 36.8 Å². The fourth-order valence-corrected chi connectivity index (χ4v) is 3.23. The van der Waals surface area contributed by atoms with Crippen molar-refractivity contribution < 1.29 is 0 Å². The molecule has 0 bridgehead atoms. The lowest BCUT2D eigenvalue weighted by molar-refractivity contribution is 0.594. The highest BCUT2D eigenvalue weighted by Crippen LogP contribution is 2.36. The van der Waals surface area contributed by atoms with Crippen LogP contribution in [0.4, 0.5) is 0 Å². The average Bonchev–Trinajstić information content (AvgIpc) is 2.89. The van der Waals surface area contributed by atoms with Crippen molar-refractivity contribution in [2.24, 2.45) is 4.99 Å². The van der Waals surface area contributed by atoms with E-state index in [1.54, 1.807) is 0 Å². The number of piperidine rings is 1. The number of hydrogen-bond donors (Lipinski definition) is 1. The van der Waals surface area contributed by atoms with Crippen LogP contribution < -0.4 is 5.32 Å². The first kappa shape index (κ1) is 14.4. The van der Waals surface area contributed by atoms with E-state index in [1.165, 1.54) is 43.5 Å². The molecule has 1 aromatic rings. The van der Waals surface area contributed by atoms with Crippen molar-refractivity contribution in [3.8, 4) is 0 Å². The van der Waals surface area contributed by atoms with Crippen LogP contribution in [0.3, 0.4) is 0 Å². The molecule has 3 rings (SSSR count). The lowest BCUT2D eigenvalue weighted by Crippen LogP contribution is -2.30. The number of amidine groups is 1. The highest BCUT2D eigenvalue weighted by Gasteiger charge is 2.28. The van der Waals surface area contributed by atoms with Crippen molar-refractivity contribution in [3.63, 3.8) is 0 Å². The molecule has 2 nitrogen and oxygen atoms in total. The maximum absolute atomic E-state index is 5.00. The van der Waals surface area contributed by atoms with E-state index in [2.05, 4.69) is 35.6 Å². The fourth-order valence-electron chi connectivity index (χ4n) is 3.23. The summed E-state index contributed by atoms with van der Waals surface area (Å²) in [5, 5.41) is 3.47. The van der Waals surface area contributed by atoms with Gasteiger partial charge >= 0.3 is 0 Å². The normalized spacial score (nSPS) is 28.7. The number of benzene rings is 1. The zero-order valence-corrected chi connectivity index (χ0v) is 12.2. The second-order valence-electron chi connectivity index (χ2n) is 5.48. The fraction of sp³-hybridized carbons (Fsp3) is 0.562. The molecule has 104 valence electrons. The lowest BCUT2D eigenvalue weighted by atomic mass is 9.94. The van der Waals surface area contributed by atoms with Crippen molar-refractivity contribution in [2.45, 2.75) is 50.5 Å². The Bertz CT molecular complexity index is 408. The predicted octanol–water partition coefficient (Wildman–Crippen LogP) is 3.92. The van der Waals surface area contributed by atoms with Gasteiger partial charge in [0.15, 0.2) is 0 Å². The smallest absolute Gasteiger partial charge is 0.0966 e. The number of halogens is 1. The molecular weight excluding hydrogens is 256 g/mol. The summed E-state index contributed by atoms with van der Waals surface area (Å²) in [6.45, 7) is 1.11. The standard InChI is InChI=1S/C16H22N2.ClH/c1-2-7-13(8-3-1)14-9-6-10-15(14)18-16-11-4-5-12-17-16;/h1-3,7-8,14-15H,4-6,9-12H2,(H,17,18);1H/t14-,15-;/m0./s1. The molecule has 1 heterocycles. The SMILES string of the molecule is Cl.c1ccc([C@@H]2CCC[C@@H]2/N=C2\CCCCN2)cc1. The molecule has 2 aliphatic rings. The largest absolute Gasteiger partial charge is 0.374 e. The van der Waals surface area contributed by atoms with E-state index in [-0.39, 0.29) is 12.4 Å². The van der Waals surface area contributed by atoms with E-state index in [1.807, 2.05) is 0 Å². The summed E-state index contributed by atoms with van der Waals surface area (Å²) in [4.78, 5) is 5.00. The average molecular weight is 279 g/mol. The molecule has 1 aliphatic heterocycles. The Morgan fingerprint density at radius 1 is 1.00 bits per heavy atom. The molecule has 0 aromatic heterocycles. The Morgan fingerprint density at radius 3 is 2.58 bits per heavy atom. The predicted molar refractivity (Wildman–Crippen MR) is 83.4 cm³/mol. The molecule has 0 radical (unpaired) electrons. The van der Waals surface area contributed by atoms with Gasteiger partial charge in [0.25, 0.3) is 0 Å². The summed E-state index contributed by atoms with van der Waals surface area (Å²) >= 11 is 0. The number of nitrogens with zero attached hydrogens (tertiary/aromatic N) is 1. The molecule has 3 heteroatoms. The first-order valence-electron chi connectivity index (χ1n) is 7.29. The highest BCUT2D eigenvalue weighted by atomic mass is 35.5. The molecule has 1 N–H and O–H groups in total. The molecule has 2 fully saturated rings. The van der Waals surface area contributed by atoms with E-state index < -0.39 is 0 Å². The highest BCUT2D eigenvalue weighted by molar-refractivity contribution is 5.85. The van der Waals surface area contributed by atoms with Crippen LogP contribution in [0, 0.1) is 0 Å². The van der Waals surface area contributed by atoms with E-state index in [4.69, 9.17) is 4.99 Å². The Balaban J connectivity index is 0.00000133. The minimum Gasteiger partial charge on any atom is -0.374 e. The monoisotopic (exact) mass is 278 g/mol. The van der Waals surface area contributed by atoms with Gasteiger partial charge < -0.3 is 5.32 Å². The Hall–Kier alpha value is -1.02. The van der Waals surface area contributed by atoms with Crippen LogP contribution in [0.25, 0.3) is 0 Å². The topological polar surface area (TPSA) is 24.4 Å². The van der Waals surface area contributed by atoms with Crippen LogP contribution >= 0.6 is 12.4 Å². The van der Waals surface area contributed by atoms with E-state index in [0.717, 1.165) is 13.0 Å². The Kier molecular flexibility index (Phi) is 5.26. The summed E-state index contributed by atoms with van der Waals surface area (Å²) in [6.07, 6.45) is 7.62. The molecule has 0 unspecified atom stereocenters. The summed E-state index contributed by atoms with van der Waals surface area (Å²) in [7, 11) is 0. The molecule has 0 spiro atoms. The van der Waals surface area contributed by atoms with E-state index in [0.29, 0.717) is 12.0 Å². The third-order valence-corrected chi connectivity index (χ3v) is 4.20. The van der Waals surface area contributed by atoms with Gasteiger partial charge in [-0.05, 0) is 31.2 Å². The van der Waals surface area contributed by atoms with Crippen LogP contribution in [0.15, 0.2) is 35.3 Å². The van der Waals surface area contributed by atoms with Crippen LogP contribution in [-0.4, -0.2) is 18.4 Å². The van der Waals surface area contributed by atoms with Crippen molar-refractivity contribution >= 4 is 18.2 Å².